The van der Waals surface area contributed by atoms with Crippen molar-refractivity contribution in [3.05, 3.63) is 24.5 Å². The van der Waals surface area contributed by atoms with Crippen LogP contribution in [0.1, 0.15) is 40.0 Å². The summed E-state index contributed by atoms with van der Waals surface area (Å²) in [5, 5.41) is 9.13. The van der Waals surface area contributed by atoms with Crippen molar-refractivity contribution in [2.75, 3.05) is 0 Å². The minimum absolute atomic E-state index is 0.184. The largest absolute Gasteiger partial charge is 0.336 e. The number of hydrogen-bond acceptors (Lipinski definition) is 5. The fourth-order valence-electron chi connectivity index (χ4n) is 3.44. The number of hydrogen-bond donors (Lipinski definition) is 0. The first-order valence-electron chi connectivity index (χ1n) is 8.77. The van der Waals surface area contributed by atoms with Gasteiger partial charge in [-0.05, 0) is 52.2 Å². The third-order valence-electron chi connectivity index (χ3n) is 4.85. The molecule has 2 aromatic rings. The fraction of sp³-hybridized carbons (Fsp3) is 0.556. The van der Waals surface area contributed by atoms with E-state index >= 15 is 0 Å². The SMILES string of the molecule is C[C@@H](Sc1nnc(-c2ccncc2)n1C)C(=O)N1[C@@H](C)CCC[C@@H]1C. The minimum atomic E-state index is -0.184. The summed E-state index contributed by atoms with van der Waals surface area (Å²) >= 11 is 1.47. The van der Waals surface area contributed by atoms with E-state index in [1.807, 2.05) is 30.7 Å². The summed E-state index contributed by atoms with van der Waals surface area (Å²) in [6, 6.07) is 4.44. The van der Waals surface area contributed by atoms with Gasteiger partial charge in [-0.15, -0.1) is 10.2 Å². The van der Waals surface area contributed by atoms with E-state index in [9.17, 15) is 4.79 Å². The lowest BCUT2D eigenvalue weighted by Gasteiger charge is -2.40. The van der Waals surface area contributed by atoms with Gasteiger partial charge >= 0.3 is 0 Å². The zero-order valence-corrected chi connectivity index (χ0v) is 16.0. The molecule has 3 rings (SSSR count). The van der Waals surface area contributed by atoms with Crippen LogP contribution in [0.2, 0.25) is 0 Å². The smallest absolute Gasteiger partial charge is 0.236 e. The lowest BCUT2D eigenvalue weighted by Crippen LogP contribution is -2.50. The number of thioether (sulfide) groups is 1. The molecule has 1 saturated heterocycles. The second-order valence-corrected chi connectivity index (χ2v) is 8.04. The van der Waals surface area contributed by atoms with E-state index in [2.05, 4.69) is 33.9 Å². The molecule has 1 fully saturated rings. The van der Waals surface area contributed by atoms with Crippen LogP contribution < -0.4 is 0 Å². The Morgan fingerprint density at radius 3 is 2.48 bits per heavy atom. The standard InChI is InChI=1S/C18H25N5OS/c1-12-6-5-7-13(2)23(12)17(24)14(3)25-18-21-20-16(22(18)4)15-8-10-19-11-9-15/h8-14H,5-7H2,1-4H3/t12-,13-,14+/m0/s1. The fourth-order valence-corrected chi connectivity index (χ4v) is 4.32. The van der Waals surface area contributed by atoms with Gasteiger partial charge in [0.05, 0.1) is 5.25 Å². The van der Waals surface area contributed by atoms with Crippen molar-refractivity contribution in [1.29, 1.82) is 0 Å². The summed E-state index contributed by atoms with van der Waals surface area (Å²) in [6.07, 6.45) is 6.85. The van der Waals surface area contributed by atoms with E-state index in [1.165, 1.54) is 18.2 Å². The lowest BCUT2D eigenvalue weighted by atomic mass is 9.97. The zero-order valence-electron chi connectivity index (χ0n) is 15.2. The maximum absolute atomic E-state index is 13.0. The molecule has 0 bridgehead atoms. The second kappa shape index (κ2) is 7.56. The molecule has 3 heterocycles. The predicted molar refractivity (Wildman–Crippen MR) is 99.2 cm³/mol. The third kappa shape index (κ3) is 3.71. The Kier molecular flexibility index (Phi) is 5.42. The first kappa shape index (κ1) is 17.9. The van der Waals surface area contributed by atoms with Gasteiger partial charge in [-0.3, -0.25) is 9.78 Å². The van der Waals surface area contributed by atoms with Crippen molar-refractivity contribution >= 4 is 17.7 Å². The van der Waals surface area contributed by atoms with Crippen LogP contribution in [0.3, 0.4) is 0 Å². The quantitative estimate of drug-likeness (QED) is 0.785. The maximum atomic E-state index is 13.0. The summed E-state index contributed by atoms with van der Waals surface area (Å²) in [5.41, 5.74) is 0.967. The number of piperidine rings is 1. The van der Waals surface area contributed by atoms with Crippen LogP contribution in [0.5, 0.6) is 0 Å². The molecule has 0 aliphatic carbocycles. The Balaban J connectivity index is 1.74. The molecule has 3 atom stereocenters. The number of aromatic nitrogens is 4. The average molecular weight is 359 g/mol. The van der Waals surface area contributed by atoms with E-state index in [1.54, 1.807) is 12.4 Å². The lowest BCUT2D eigenvalue weighted by molar-refractivity contribution is -0.136. The van der Waals surface area contributed by atoms with Gasteiger partial charge in [0.25, 0.3) is 0 Å². The number of carbonyl (C=O) groups excluding carboxylic acids is 1. The van der Waals surface area contributed by atoms with Crippen molar-refractivity contribution in [1.82, 2.24) is 24.6 Å². The number of amides is 1. The van der Waals surface area contributed by atoms with Gasteiger partial charge in [-0.1, -0.05) is 11.8 Å². The molecule has 134 valence electrons. The van der Waals surface area contributed by atoms with Crippen LogP contribution in [0.15, 0.2) is 29.7 Å². The molecule has 7 heteroatoms. The summed E-state index contributed by atoms with van der Waals surface area (Å²) in [5.74, 6) is 0.974. The summed E-state index contributed by atoms with van der Waals surface area (Å²) < 4.78 is 1.94. The topological polar surface area (TPSA) is 63.9 Å². The number of pyridine rings is 1. The van der Waals surface area contributed by atoms with Crippen molar-refractivity contribution in [3.63, 3.8) is 0 Å². The van der Waals surface area contributed by atoms with E-state index in [-0.39, 0.29) is 11.2 Å². The van der Waals surface area contributed by atoms with Gasteiger partial charge in [0, 0.05) is 37.1 Å². The van der Waals surface area contributed by atoms with E-state index in [4.69, 9.17) is 0 Å². The number of nitrogens with zero attached hydrogens (tertiary/aromatic N) is 5. The molecular weight excluding hydrogens is 334 g/mol. The highest BCUT2D eigenvalue weighted by molar-refractivity contribution is 8.00. The molecule has 0 saturated carbocycles. The number of carbonyl (C=O) groups is 1. The Morgan fingerprint density at radius 2 is 1.84 bits per heavy atom. The first-order chi connectivity index (χ1) is 12.0. The molecule has 0 radical (unpaired) electrons. The average Bonchev–Trinajstić information content (AvgIpc) is 2.96. The molecule has 0 spiro atoms. The minimum Gasteiger partial charge on any atom is -0.336 e. The Bertz CT molecular complexity index is 722. The zero-order chi connectivity index (χ0) is 18.0. The summed E-state index contributed by atoms with van der Waals surface area (Å²) in [6.45, 7) is 6.26. The van der Waals surface area contributed by atoms with Crippen LogP contribution in [-0.2, 0) is 11.8 Å². The molecule has 6 nitrogen and oxygen atoms in total. The summed E-state index contributed by atoms with van der Waals surface area (Å²) in [7, 11) is 1.93. The molecule has 0 N–H and O–H groups in total. The number of rotatable bonds is 4. The van der Waals surface area contributed by atoms with Crippen LogP contribution in [0.4, 0.5) is 0 Å². The normalized spacial score (nSPS) is 22.0. The molecule has 2 aromatic heterocycles. The molecule has 1 aliphatic rings. The molecular formula is C18H25N5OS. The molecule has 0 aromatic carbocycles. The van der Waals surface area contributed by atoms with E-state index in [0.29, 0.717) is 12.1 Å². The predicted octanol–water partition coefficient (Wildman–Crippen LogP) is 3.15. The highest BCUT2D eigenvalue weighted by Gasteiger charge is 2.32. The first-order valence-corrected chi connectivity index (χ1v) is 9.65. The molecule has 0 unspecified atom stereocenters. The highest BCUT2D eigenvalue weighted by atomic mass is 32.2. The van der Waals surface area contributed by atoms with Gasteiger partial charge < -0.3 is 9.47 Å². The Hall–Kier alpha value is -1.89. The summed E-state index contributed by atoms with van der Waals surface area (Å²) in [4.78, 5) is 19.0. The van der Waals surface area contributed by atoms with Crippen LogP contribution in [0, 0.1) is 0 Å². The Labute approximate surface area is 153 Å². The van der Waals surface area contributed by atoms with Crippen LogP contribution >= 0.6 is 11.8 Å². The van der Waals surface area contributed by atoms with Crippen molar-refractivity contribution in [2.45, 2.75) is 62.5 Å². The van der Waals surface area contributed by atoms with Gasteiger partial charge in [-0.2, -0.15) is 0 Å². The molecule has 1 amide bonds. The highest BCUT2D eigenvalue weighted by Crippen LogP contribution is 2.29. The maximum Gasteiger partial charge on any atom is 0.236 e. The third-order valence-corrected chi connectivity index (χ3v) is 5.97. The van der Waals surface area contributed by atoms with Crippen molar-refractivity contribution in [2.24, 2.45) is 7.05 Å². The van der Waals surface area contributed by atoms with Crippen molar-refractivity contribution < 1.29 is 4.79 Å². The van der Waals surface area contributed by atoms with Crippen LogP contribution in [-0.4, -0.2) is 47.9 Å². The molecule has 1 aliphatic heterocycles. The van der Waals surface area contributed by atoms with E-state index < -0.39 is 0 Å². The second-order valence-electron chi connectivity index (χ2n) is 6.74. The monoisotopic (exact) mass is 359 g/mol. The van der Waals surface area contributed by atoms with Crippen molar-refractivity contribution in [3.8, 4) is 11.4 Å². The van der Waals surface area contributed by atoms with Crippen LogP contribution in [0.25, 0.3) is 11.4 Å². The van der Waals surface area contributed by atoms with Gasteiger partial charge in [0.1, 0.15) is 0 Å². The molecule has 25 heavy (non-hydrogen) atoms. The van der Waals surface area contributed by atoms with Gasteiger partial charge in [0.2, 0.25) is 5.91 Å². The van der Waals surface area contributed by atoms with Gasteiger partial charge in [0.15, 0.2) is 11.0 Å². The number of likely N-dealkylation sites (tertiary alicyclic amines) is 1. The Morgan fingerprint density at radius 1 is 1.20 bits per heavy atom. The van der Waals surface area contributed by atoms with E-state index in [0.717, 1.165) is 29.4 Å². The van der Waals surface area contributed by atoms with Gasteiger partial charge in [-0.25, -0.2) is 0 Å².